The number of carbonyl (C=O) groups excluding carboxylic acids is 2. The number of rotatable bonds is 11. The van der Waals surface area contributed by atoms with Gasteiger partial charge in [0.05, 0.1) is 21.3 Å². The molecule has 0 saturated carbocycles. The summed E-state index contributed by atoms with van der Waals surface area (Å²) in [6.45, 7) is 0.0268. The second-order valence-electron chi connectivity index (χ2n) is 6.57. The first-order chi connectivity index (χ1) is 14.9. The Morgan fingerprint density at radius 1 is 0.968 bits per heavy atom. The largest absolute Gasteiger partial charge is 0.493 e. The maximum atomic E-state index is 12.4. The molecule has 2 rings (SSSR count). The minimum Gasteiger partial charge on any atom is -0.493 e. The average molecular weight is 430 g/mol. The number of amides is 2. The van der Waals surface area contributed by atoms with Crippen molar-refractivity contribution in [2.24, 2.45) is 0 Å². The number of hydrogen-bond donors (Lipinski definition) is 3. The predicted molar refractivity (Wildman–Crippen MR) is 113 cm³/mol. The summed E-state index contributed by atoms with van der Waals surface area (Å²) < 4.78 is 15.7. The number of ether oxygens (including phenoxy) is 3. The third-order valence-corrected chi connectivity index (χ3v) is 4.48. The van der Waals surface area contributed by atoms with E-state index in [-0.39, 0.29) is 24.9 Å². The Balaban J connectivity index is 1.92. The number of carboxylic acid groups (broad SMARTS) is 1. The van der Waals surface area contributed by atoms with E-state index in [1.807, 2.05) is 6.07 Å². The molecule has 2 amide bonds. The van der Waals surface area contributed by atoms with Gasteiger partial charge in [0.25, 0.3) is 5.91 Å². The highest BCUT2D eigenvalue weighted by atomic mass is 16.5. The van der Waals surface area contributed by atoms with E-state index in [0.29, 0.717) is 17.2 Å². The Morgan fingerprint density at radius 2 is 1.58 bits per heavy atom. The van der Waals surface area contributed by atoms with Gasteiger partial charge in [-0.2, -0.15) is 0 Å². The molecule has 9 nitrogen and oxygen atoms in total. The zero-order valence-electron chi connectivity index (χ0n) is 17.6. The molecule has 0 radical (unpaired) electrons. The SMILES string of the molecule is COc1cc(C(=O)NCCC(=O)NC(Cc2ccccc2)C(=O)O)cc(OC)c1OC. The van der Waals surface area contributed by atoms with Gasteiger partial charge >= 0.3 is 5.97 Å². The van der Waals surface area contributed by atoms with Crippen molar-refractivity contribution in [3.63, 3.8) is 0 Å². The third kappa shape index (κ3) is 6.63. The van der Waals surface area contributed by atoms with E-state index in [0.717, 1.165) is 5.56 Å². The first-order valence-electron chi connectivity index (χ1n) is 9.53. The van der Waals surface area contributed by atoms with Gasteiger partial charge in [-0.15, -0.1) is 0 Å². The summed E-state index contributed by atoms with van der Waals surface area (Å²) in [5.74, 6) is -1.03. The van der Waals surface area contributed by atoms with Crippen molar-refractivity contribution in [3.8, 4) is 17.2 Å². The number of aliphatic carboxylic acids is 1. The highest BCUT2D eigenvalue weighted by Gasteiger charge is 2.21. The summed E-state index contributed by atoms with van der Waals surface area (Å²) in [6.07, 6.45) is 0.0917. The normalized spacial score (nSPS) is 11.2. The van der Waals surface area contributed by atoms with Gasteiger partial charge in [0.2, 0.25) is 11.7 Å². The molecule has 0 heterocycles. The molecule has 0 aromatic heterocycles. The third-order valence-electron chi connectivity index (χ3n) is 4.48. The van der Waals surface area contributed by atoms with Crippen molar-refractivity contribution in [1.82, 2.24) is 10.6 Å². The van der Waals surface area contributed by atoms with Crippen LogP contribution in [0.3, 0.4) is 0 Å². The fourth-order valence-electron chi connectivity index (χ4n) is 2.92. The fraction of sp³-hybridized carbons (Fsp3) is 0.318. The van der Waals surface area contributed by atoms with Crippen molar-refractivity contribution in [3.05, 3.63) is 53.6 Å². The van der Waals surface area contributed by atoms with Crippen molar-refractivity contribution in [2.45, 2.75) is 18.9 Å². The summed E-state index contributed by atoms with van der Waals surface area (Å²) in [7, 11) is 4.34. The molecule has 0 aliphatic carbocycles. The van der Waals surface area contributed by atoms with Crippen molar-refractivity contribution < 1.29 is 33.7 Å². The van der Waals surface area contributed by atoms with Crippen LogP contribution in [0.5, 0.6) is 17.2 Å². The predicted octanol–water partition coefficient (Wildman–Crippen LogP) is 1.64. The lowest BCUT2D eigenvalue weighted by Gasteiger charge is -2.15. The number of carboxylic acids is 1. The molecular weight excluding hydrogens is 404 g/mol. The Morgan fingerprint density at radius 3 is 2.10 bits per heavy atom. The van der Waals surface area contributed by atoms with Gasteiger partial charge in [0.1, 0.15) is 6.04 Å². The minimum absolute atomic E-state index is 0.0268. The van der Waals surface area contributed by atoms with E-state index >= 15 is 0 Å². The van der Waals surface area contributed by atoms with Gasteiger partial charge in [0, 0.05) is 24.9 Å². The lowest BCUT2D eigenvalue weighted by Crippen LogP contribution is -2.43. The molecule has 1 atom stereocenters. The average Bonchev–Trinajstić information content (AvgIpc) is 2.77. The molecule has 3 N–H and O–H groups in total. The number of nitrogens with one attached hydrogen (secondary N) is 2. The Kier molecular flexibility index (Phi) is 8.68. The van der Waals surface area contributed by atoms with E-state index in [1.54, 1.807) is 24.3 Å². The van der Waals surface area contributed by atoms with Crippen LogP contribution < -0.4 is 24.8 Å². The molecule has 0 spiro atoms. The summed E-state index contributed by atoms with van der Waals surface area (Å²) in [5.41, 5.74) is 1.06. The molecule has 0 aliphatic heterocycles. The van der Waals surface area contributed by atoms with E-state index in [2.05, 4.69) is 10.6 Å². The van der Waals surface area contributed by atoms with E-state index < -0.39 is 23.8 Å². The van der Waals surface area contributed by atoms with Crippen molar-refractivity contribution in [2.75, 3.05) is 27.9 Å². The monoisotopic (exact) mass is 430 g/mol. The zero-order valence-corrected chi connectivity index (χ0v) is 17.6. The Labute approximate surface area is 180 Å². The van der Waals surface area contributed by atoms with Crippen molar-refractivity contribution in [1.29, 1.82) is 0 Å². The summed E-state index contributed by atoms with van der Waals surface area (Å²) in [5, 5.41) is 14.5. The van der Waals surface area contributed by atoms with Gasteiger partial charge in [0.15, 0.2) is 11.5 Å². The minimum atomic E-state index is -1.13. The molecule has 2 aromatic rings. The molecule has 9 heteroatoms. The summed E-state index contributed by atoms with van der Waals surface area (Å²) in [6, 6.07) is 11.0. The molecule has 0 saturated heterocycles. The van der Waals surface area contributed by atoms with E-state index in [1.165, 1.54) is 33.5 Å². The van der Waals surface area contributed by atoms with Crippen LogP contribution in [0.25, 0.3) is 0 Å². The van der Waals surface area contributed by atoms with E-state index in [9.17, 15) is 19.5 Å². The summed E-state index contributed by atoms with van der Waals surface area (Å²) in [4.78, 5) is 36.1. The van der Waals surface area contributed by atoms with Crippen LogP contribution in [0.15, 0.2) is 42.5 Å². The Bertz CT molecular complexity index is 890. The topological polar surface area (TPSA) is 123 Å². The zero-order chi connectivity index (χ0) is 22.8. The van der Waals surface area contributed by atoms with Gasteiger partial charge in [-0.05, 0) is 17.7 Å². The summed E-state index contributed by atoms with van der Waals surface area (Å²) >= 11 is 0. The van der Waals surface area contributed by atoms with Crippen molar-refractivity contribution >= 4 is 17.8 Å². The lowest BCUT2D eigenvalue weighted by molar-refractivity contribution is -0.141. The maximum absolute atomic E-state index is 12.4. The van der Waals surface area contributed by atoms with Gasteiger partial charge in [-0.3, -0.25) is 9.59 Å². The lowest BCUT2D eigenvalue weighted by atomic mass is 10.1. The van der Waals surface area contributed by atoms with Gasteiger partial charge in [-0.25, -0.2) is 4.79 Å². The van der Waals surface area contributed by atoms with Crippen LogP contribution in [0, 0.1) is 0 Å². The quantitative estimate of drug-likeness (QED) is 0.495. The molecule has 0 bridgehead atoms. The molecule has 1 unspecified atom stereocenters. The van der Waals surface area contributed by atoms with Crippen LogP contribution in [-0.2, 0) is 16.0 Å². The van der Waals surface area contributed by atoms with Gasteiger partial charge < -0.3 is 30.0 Å². The maximum Gasteiger partial charge on any atom is 0.326 e. The molecule has 31 heavy (non-hydrogen) atoms. The highest BCUT2D eigenvalue weighted by molar-refractivity contribution is 5.96. The molecule has 0 aliphatic rings. The first-order valence-corrected chi connectivity index (χ1v) is 9.53. The smallest absolute Gasteiger partial charge is 0.326 e. The molecule has 0 fully saturated rings. The van der Waals surface area contributed by atoms with Crippen LogP contribution in [0.1, 0.15) is 22.3 Å². The standard InChI is InChI=1S/C22H26N2O7/c1-29-17-12-15(13-18(30-2)20(17)31-3)21(26)23-10-9-19(25)24-16(22(27)28)11-14-7-5-4-6-8-14/h4-8,12-13,16H,9-11H2,1-3H3,(H,23,26)(H,24,25)(H,27,28). The molecule has 166 valence electrons. The fourth-order valence-corrected chi connectivity index (χ4v) is 2.92. The Hall–Kier alpha value is -3.75. The second kappa shape index (κ2) is 11.4. The number of methoxy groups -OCH3 is 3. The molecular formula is C22H26N2O7. The van der Waals surface area contributed by atoms with E-state index in [4.69, 9.17) is 14.2 Å². The van der Waals surface area contributed by atoms with Gasteiger partial charge in [-0.1, -0.05) is 30.3 Å². The van der Waals surface area contributed by atoms with Crippen LogP contribution >= 0.6 is 0 Å². The van der Waals surface area contributed by atoms with Crippen LogP contribution in [0.4, 0.5) is 0 Å². The van der Waals surface area contributed by atoms with Crippen LogP contribution in [0.2, 0.25) is 0 Å². The number of carbonyl (C=O) groups is 3. The highest BCUT2D eigenvalue weighted by Crippen LogP contribution is 2.38. The number of benzene rings is 2. The first kappa shape index (κ1) is 23.5. The number of hydrogen-bond acceptors (Lipinski definition) is 6. The van der Waals surface area contributed by atoms with Crippen LogP contribution in [-0.4, -0.2) is 56.8 Å². The second-order valence-corrected chi connectivity index (χ2v) is 6.57. The molecule has 2 aromatic carbocycles.